The van der Waals surface area contributed by atoms with Crippen LogP contribution in [-0.4, -0.2) is 20.6 Å². The molecule has 2 aliphatic rings. The van der Waals surface area contributed by atoms with Crippen LogP contribution in [0.3, 0.4) is 0 Å². The third-order valence-electron chi connectivity index (χ3n) is 3.17. The van der Waals surface area contributed by atoms with Crippen molar-refractivity contribution in [2.24, 2.45) is 0 Å². The summed E-state index contributed by atoms with van der Waals surface area (Å²) in [6.07, 6.45) is 5.86. The summed E-state index contributed by atoms with van der Waals surface area (Å²) in [7, 11) is 0. The van der Waals surface area contributed by atoms with Gasteiger partial charge in [0.2, 0.25) is 0 Å². The van der Waals surface area contributed by atoms with Gasteiger partial charge in [-0.05, 0) is 25.7 Å². The Balaban J connectivity index is 2.00. The first-order valence-corrected chi connectivity index (χ1v) is 5.06. The maximum Gasteiger partial charge on any atom is 0.312 e. The molecule has 4 nitrogen and oxygen atoms in total. The fourth-order valence-electron chi connectivity index (χ4n) is 2.27. The summed E-state index contributed by atoms with van der Waals surface area (Å²) in [4.78, 5) is 15.2. The average Bonchev–Trinajstić information content (AvgIpc) is 2.77. The van der Waals surface area contributed by atoms with Crippen molar-refractivity contribution in [3.63, 3.8) is 0 Å². The molecule has 1 unspecified atom stereocenters. The van der Waals surface area contributed by atoms with Crippen LogP contribution in [-0.2, 0) is 11.2 Å². The molecule has 0 amide bonds. The maximum atomic E-state index is 10.9. The molecule has 3 rings (SSSR count). The van der Waals surface area contributed by atoms with E-state index in [1.165, 1.54) is 18.5 Å². The van der Waals surface area contributed by atoms with Gasteiger partial charge in [0, 0.05) is 11.7 Å². The standard InChI is InChI=1S/C10H12N2O2/c13-10(14)7-3-4-8-9(7)11-5-12(8)6-1-2-6/h5-7H,1-4H2,(H,13,14). The van der Waals surface area contributed by atoms with Gasteiger partial charge in [0.1, 0.15) is 5.92 Å². The predicted molar refractivity (Wildman–Crippen MR) is 49.2 cm³/mol. The number of carboxylic acids is 1. The zero-order valence-electron chi connectivity index (χ0n) is 7.81. The number of aromatic nitrogens is 2. The van der Waals surface area contributed by atoms with E-state index in [1.54, 1.807) is 0 Å². The van der Waals surface area contributed by atoms with Crippen LogP contribution in [0, 0.1) is 0 Å². The number of imidazole rings is 1. The molecule has 0 aromatic carbocycles. The second-order valence-corrected chi connectivity index (χ2v) is 4.14. The zero-order chi connectivity index (χ0) is 9.71. The molecule has 1 saturated carbocycles. The van der Waals surface area contributed by atoms with Crippen molar-refractivity contribution in [2.75, 3.05) is 0 Å². The molecule has 1 heterocycles. The second kappa shape index (κ2) is 2.59. The molecule has 1 aromatic heterocycles. The molecular weight excluding hydrogens is 180 g/mol. The van der Waals surface area contributed by atoms with Gasteiger partial charge in [0.05, 0.1) is 12.0 Å². The van der Waals surface area contributed by atoms with E-state index < -0.39 is 5.97 Å². The monoisotopic (exact) mass is 192 g/mol. The Labute approximate surface area is 81.6 Å². The molecule has 0 radical (unpaired) electrons. The van der Waals surface area contributed by atoms with Crippen molar-refractivity contribution in [3.8, 4) is 0 Å². The minimum atomic E-state index is -0.732. The predicted octanol–water partition coefficient (Wildman–Crippen LogP) is 1.33. The van der Waals surface area contributed by atoms with Crippen LogP contribution in [0.5, 0.6) is 0 Å². The Kier molecular flexibility index (Phi) is 1.48. The number of rotatable bonds is 2. The first-order valence-electron chi connectivity index (χ1n) is 5.06. The SMILES string of the molecule is O=C(O)C1CCc2c1ncn2C1CC1. The second-order valence-electron chi connectivity index (χ2n) is 4.14. The summed E-state index contributed by atoms with van der Waals surface area (Å²) in [6.45, 7) is 0. The number of aliphatic carboxylic acids is 1. The molecule has 74 valence electrons. The molecule has 0 spiro atoms. The van der Waals surface area contributed by atoms with E-state index in [-0.39, 0.29) is 5.92 Å². The quantitative estimate of drug-likeness (QED) is 0.769. The van der Waals surface area contributed by atoms with Gasteiger partial charge in [-0.15, -0.1) is 0 Å². The van der Waals surface area contributed by atoms with E-state index in [2.05, 4.69) is 9.55 Å². The Bertz CT molecular complexity index is 393. The lowest BCUT2D eigenvalue weighted by molar-refractivity contribution is -0.138. The Morgan fingerprint density at radius 2 is 2.29 bits per heavy atom. The van der Waals surface area contributed by atoms with E-state index in [9.17, 15) is 4.79 Å². The highest BCUT2D eigenvalue weighted by molar-refractivity contribution is 5.76. The fourth-order valence-corrected chi connectivity index (χ4v) is 2.27. The van der Waals surface area contributed by atoms with Gasteiger partial charge < -0.3 is 9.67 Å². The molecule has 1 N–H and O–H groups in total. The zero-order valence-corrected chi connectivity index (χ0v) is 7.81. The normalized spacial score (nSPS) is 25.0. The number of carbonyl (C=O) groups is 1. The van der Waals surface area contributed by atoms with Crippen LogP contribution >= 0.6 is 0 Å². The van der Waals surface area contributed by atoms with E-state index in [1.807, 2.05) is 6.33 Å². The topological polar surface area (TPSA) is 55.1 Å². The summed E-state index contributed by atoms with van der Waals surface area (Å²) < 4.78 is 2.18. The molecule has 2 aliphatic carbocycles. The average molecular weight is 192 g/mol. The van der Waals surface area contributed by atoms with Crippen LogP contribution < -0.4 is 0 Å². The maximum absolute atomic E-state index is 10.9. The van der Waals surface area contributed by atoms with Crippen molar-refractivity contribution in [3.05, 3.63) is 17.7 Å². The molecule has 1 atom stereocenters. The van der Waals surface area contributed by atoms with E-state index in [0.29, 0.717) is 6.04 Å². The van der Waals surface area contributed by atoms with E-state index in [0.717, 1.165) is 18.5 Å². The van der Waals surface area contributed by atoms with Gasteiger partial charge >= 0.3 is 5.97 Å². The Morgan fingerprint density at radius 3 is 2.93 bits per heavy atom. The van der Waals surface area contributed by atoms with Crippen LogP contribution in [0.1, 0.15) is 42.6 Å². The highest BCUT2D eigenvalue weighted by atomic mass is 16.4. The van der Waals surface area contributed by atoms with Crippen molar-refractivity contribution in [1.29, 1.82) is 0 Å². The highest BCUT2D eigenvalue weighted by Crippen LogP contribution is 2.40. The van der Waals surface area contributed by atoms with Crippen molar-refractivity contribution in [1.82, 2.24) is 9.55 Å². The minimum Gasteiger partial charge on any atom is -0.481 e. The Morgan fingerprint density at radius 1 is 1.50 bits per heavy atom. The van der Waals surface area contributed by atoms with Gasteiger partial charge in [-0.2, -0.15) is 0 Å². The van der Waals surface area contributed by atoms with Crippen molar-refractivity contribution in [2.45, 2.75) is 37.6 Å². The molecular formula is C10H12N2O2. The third-order valence-corrected chi connectivity index (χ3v) is 3.17. The first kappa shape index (κ1) is 8.03. The summed E-state index contributed by atoms with van der Waals surface area (Å²) in [5.74, 6) is -1.09. The lowest BCUT2D eigenvalue weighted by Gasteiger charge is -2.01. The van der Waals surface area contributed by atoms with Crippen molar-refractivity contribution >= 4 is 5.97 Å². The number of nitrogens with zero attached hydrogens (tertiary/aromatic N) is 2. The van der Waals surface area contributed by atoms with Crippen LogP contribution in [0.25, 0.3) is 0 Å². The lowest BCUT2D eigenvalue weighted by Crippen LogP contribution is -2.08. The number of carboxylic acid groups (broad SMARTS) is 1. The largest absolute Gasteiger partial charge is 0.481 e. The van der Waals surface area contributed by atoms with Gasteiger partial charge in [0.25, 0.3) is 0 Å². The van der Waals surface area contributed by atoms with Crippen LogP contribution in [0.15, 0.2) is 6.33 Å². The molecule has 1 fully saturated rings. The van der Waals surface area contributed by atoms with Gasteiger partial charge in [0.15, 0.2) is 0 Å². The van der Waals surface area contributed by atoms with Gasteiger partial charge in [-0.1, -0.05) is 0 Å². The summed E-state index contributed by atoms with van der Waals surface area (Å²) in [5, 5.41) is 8.97. The molecule has 0 aliphatic heterocycles. The lowest BCUT2D eigenvalue weighted by atomic mass is 10.1. The molecule has 1 aromatic rings. The summed E-state index contributed by atoms with van der Waals surface area (Å²) in [5.41, 5.74) is 1.98. The molecule has 4 heteroatoms. The molecule has 0 saturated heterocycles. The molecule has 0 bridgehead atoms. The van der Waals surface area contributed by atoms with Crippen LogP contribution in [0.4, 0.5) is 0 Å². The minimum absolute atomic E-state index is 0.356. The fraction of sp³-hybridized carbons (Fsp3) is 0.600. The van der Waals surface area contributed by atoms with Gasteiger partial charge in [-0.25, -0.2) is 4.98 Å². The van der Waals surface area contributed by atoms with Crippen molar-refractivity contribution < 1.29 is 9.90 Å². The number of hydrogen-bond acceptors (Lipinski definition) is 2. The molecule has 14 heavy (non-hydrogen) atoms. The smallest absolute Gasteiger partial charge is 0.312 e. The Hall–Kier alpha value is -1.32. The highest BCUT2D eigenvalue weighted by Gasteiger charge is 2.35. The van der Waals surface area contributed by atoms with Gasteiger partial charge in [-0.3, -0.25) is 4.79 Å². The first-order chi connectivity index (χ1) is 6.77. The summed E-state index contributed by atoms with van der Waals surface area (Å²) >= 11 is 0. The van der Waals surface area contributed by atoms with E-state index in [4.69, 9.17) is 5.11 Å². The third kappa shape index (κ3) is 0.997. The van der Waals surface area contributed by atoms with E-state index >= 15 is 0 Å². The summed E-state index contributed by atoms with van der Waals surface area (Å²) in [6, 6.07) is 0.610. The number of hydrogen-bond donors (Lipinski definition) is 1. The van der Waals surface area contributed by atoms with Crippen LogP contribution in [0.2, 0.25) is 0 Å². The number of fused-ring (bicyclic) bond motifs is 1.